The molecule has 0 radical (unpaired) electrons. The third kappa shape index (κ3) is 3.62. The summed E-state index contributed by atoms with van der Waals surface area (Å²) in [6, 6.07) is 5.13. The maximum absolute atomic E-state index is 12.8. The lowest BCUT2D eigenvalue weighted by molar-refractivity contribution is 0.360. The minimum atomic E-state index is -3.45. The van der Waals surface area contributed by atoms with Crippen LogP contribution in [0.4, 0.5) is 0 Å². The van der Waals surface area contributed by atoms with Crippen LogP contribution >= 0.6 is 12.2 Å². The molecule has 116 valence electrons. The van der Waals surface area contributed by atoms with Gasteiger partial charge in [0, 0.05) is 18.2 Å². The van der Waals surface area contributed by atoms with E-state index in [2.05, 4.69) is 0 Å². The third-order valence-electron chi connectivity index (χ3n) is 3.57. The molecule has 0 heterocycles. The van der Waals surface area contributed by atoms with Crippen LogP contribution in [0.15, 0.2) is 23.1 Å². The number of hydrogen-bond donors (Lipinski definition) is 1. The number of nitrogens with zero attached hydrogens (tertiary/aromatic N) is 1. The van der Waals surface area contributed by atoms with Crippen molar-refractivity contribution in [2.45, 2.75) is 44.6 Å². The molecule has 0 aromatic heterocycles. The van der Waals surface area contributed by atoms with Crippen molar-refractivity contribution in [1.82, 2.24) is 4.31 Å². The van der Waals surface area contributed by atoms with E-state index in [9.17, 15) is 8.42 Å². The summed E-state index contributed by atoms with van der Waals surface area (Å²) in [5.74, 6) is 0.303. The van der Waals surface area contributed by atoms with Crippen LogP contribution in [-0.4, -0.2) is 30.3 Å². The van der Waals surface area contributed by atoms with Crippen LogP contribution in [0.25, 0.3) is 0 Å². The lowest BCUT2D eigenvalue weighted by Gasteiger charge is -2.24. The standard InChI is InChI=1S/C15H22N2O2S2/c1-10(2)9-17(12-4-5-12)21(18,19)13-6-7-14(15(16)20)11(3)8-13/h6-8,10,12H,4-5,9H2,1-3H3,(H2,16,20). The zero-order chi connectivity index (χ0) is 15.8. The van der Waals surface area contributed by atoms with E-state index in [1.165, 1.54) is 0 Å². The maximum atomic E-state index is 12.8. The second-order valence-corrected chi connectivity index (χ2v) is 8.37. The van der Waals surface area contributed by atoms with Crippen LogP contribution in [0.1, 0.15) is 37.8 Å². The highest BCUT2D eigenvalue weighted by Gasteiger charge is 2.38. The molecular formula is C15H22N2O2S2. The van der Waals surface area contributed by atoms with Gasteiger partial charge in [0.05, 0.1) is 4.90 Å². The lowest BCUT2D eigenvalue weighted by atomic mass is 10.1. The largest absolute Gasteiger partial charge is 0.389 e. The Morgan fingerprint density at radius 1 is 1.43 bits per heavy atom. The van der Waals surface area contributed by atoms with Gasteiger partial charge in [0.15, 0.2) is 0 Å². The van der Waals surface area contributed by atoms with Gasteiger partial charge in [0.1, 0.15) is 4.99 Å². The summed E-state index contributed by atoms with van der Waals surface area (Å²) in [6.45, 7) is 6.46. The molecule has 1 fully saturated rings. The molecule has 0 saturated heterocycles. The summed E-state index contributed by atoms with van der Waals surface area (Å²) in [5, 5.41) is 0. The molecule has 4 nitrogen and oxygen atoms in total. The summed E-state index contributed by atoms with van der Waals surface area (Å²) in [6.07, 6.45) is 1.91. The first-order valence-electron chi connectivity index (χ1n) is 7.15. The van der Waals surface area contributed by atoms with E-state index in [-0.39, 0.29) is 11.0 Å². The Bertz CT molecular complexity index is 650. The van der Waals surface area contributed by atoms with Gasteiger partial charge in [0.2, 0.25) is 10.0 Å². The van der Waals surface area contributed by atoms with Crippen molar-refractivity contribution in [3.8, 4) is 0 Å². The van der Waals surface area contributed by atoms with Crippen LogP contribution in [-0.2, 0) is 10.0 Å². The van der Waals surface area contributed by atoms with Crippen LogP contribution in [0.2, 0.25) is 0 Å². The Labute approximate surface area is 132 Å². The predicted molar refractivity (Wildman–Crippen MR) is 88.8 cm³/mol. The zero-order valence-corrected chi connectivity index (χ0v) is 14.3. The van der Waals surface area contributed by atoms with Crippen molar-refractivity contribution in [2.75, 3.05) is 6.54 Å². The molecule has 0 bridgehead atoms. The topological polar surface area (TPSA) is 63.4 Å². The maximum Gasteiger partial charge on any atom is 0.243 e. The average Bonchev–Trinajstić information content (AvgIpc) is 3.19. The third-order valence-corrected chi connectivity index (χ3v) is 5.70. The van der Waals surface area contributed by atoms with E-state index in [4.69, 9.17) is 18.0 Å². The van der Waals surface area contributed by atoms with Crippen molar-refractivity contribution in [1.29, 1.82) is 0 Å². The molecule has 2 rings (SSSR count). The Balaban J connectivity index is 2.38. The Morgan fingerprint density at radius 3 is 2.48 bits per heavy atom. The van der Waals surface area contributed by atoms with E-state index in [0.717, 1.165) is 24.0 Å². The summed E-state index contributed by atoms with van der Waals surface area (Å²) in [7, 11) is -3.45. The molecular weight excluding hydrogens is 304 g/mol. The minimum absolute atomic E-state index is 0.160. The van der Waals surface area contributed by atoms with E-state index in [1.807, 2.05) is 20.8 Å². The highest BCUT2D eigenvalue weighted by atomic mass is 32.2. The van der Waals surface area contributed by atoms with Crippen molar-refractivity contribution in [2.24, 2.45) is 11.7 Å². The van der Waals surface area contributed by atoms with Gasteiger partial charge in [-0.2, -0.15) is 4.31 Å². The van der Waals surface area contributed by atoms with Crippen molar-refractivity contribution in [3.05, 3.63) is 29.3 Å². The van der Waals surface area contributed by atoms with E-state index in [0.29, 0.717) is 17.4 Å². The van der Waals surface area contributed by atoms with Gasteiger partial charge in [-0.05, 0) is 43.4 Å². The second kappa shape index (κ2) is 6.02. The second-order valence-electron chi connectivity index (χ2n) is 6.04. The molecule has 1 aliphatic rings. The van der Waals surface area contributed by atoms with Gasteiger partial charge >= 0.3 is 0 Å². The summed E-state index contributed by atoms with van der Waals surface area (Å²) in [5.41, 5.74) is 7.15. The molecule has 0 aliphatic heterocycles. The number of hydrogen-bond acceptors (Lipinski definition) is 3. The highest BCUT2D eigenvalue weighted by molar-refractivity contribution is 7.89. The van der Waals surface area contributed by atoms with Gasteiger partial charge in [-0.15, -0.1) is 0 Å². The average molecular weight is 326 g/mol. The molecule has 6 heteroatoms. The molecule has 1 aromatic rings. The predicted octanol–water partition coefficient (Wildman–Crippen LogP) is 2.44. The number of benzene rings is 1. The van der Waals surface area contributed by atoms with Crippen molar-refractivity contribution < 1.29 is 8.42 Å². The quantitative estimate of drug-likeness (QED) is 0.816. The molecule has 0 spiro atoms. The first kappa shape index (κ1) is 16.4. The van der Waals surface area contributed by atoms with Gasteiger partial charge < -0.3 is 5.73 Å². The minimum Gasteiger partial charge on any atom is -0.389 e. The monoisotopic (exact) mass is 326 g/mol. The number of thiocarbonyl (C=S) groups is 1. The first-order valence-corrected chi connectivity index (χ1v) is 9.00. The first-order chi connectivity index (χ1) is 9.73. The molecule has 0 atom stereocenters. The van der Waals surface area contributed by atoms with Crippen LogP contribution in [0, 0.1) is 12.8 Å². The summed E-state index contributed by atoms with van der Waals surface area (Å²) < 4.78 is 27.3. The fourth-order valence-corrected chi connectivity index (χ4v) is 4.54. The van der Waals surface area contributed by atoms with Gasteiger partial charge in [0.25, 0.3) is 0 Å². The Morgan fingerprint density at radius 2 is 2.05 bits per heavy atom. The van der Waals surface area contributed by atoms with Crippen molar-refractivity contribution >= 4 is 27.2 Å². The molecule has 1 saturated carbocycles. The molecule has 1 aromatic carbocycles. The SMILES string of the molecule is Cc1cc(S(=O)(=O)N(CC(C)C)C2CC2)ccc1C(N)=S. The zero-order valence-electron chi connectivity index (χ0n) is 12.7. The van der Waals surface area contributed by atoms with E-state index >= 15 is 0 Å². The van der Waals surface area contributed by atoms with E-state index < -0.39 is 10.0 Å². The molecule has 1 aliphatic carbocycles. The number of nitrogens with two attached hydrogens (primary N) is 1. The Kier molecular flexibility index (Phi) is 4.70. The molecule has 0 amide bonds. The van der Waals surface area contributed by atoms with E-state index in [1.54, 1.807) is 22.5 Å². The van der Waals surface area contributed by atoms with Gasteiger partial charge in [-0.1, -0.05) is 32.1 Å². The number of rotatable bonds is 6. The van der Waals surface area contributed by atoms with Crippen LogP contribution < -0.4 is 5.73 Å². The summed E-state index contributed by atoms with van der Waals surface area (Å²) in [4.78, 5) is 0.616. The van der Waals surface area contributed by atoms with Gasteiger partial charge in [-0.25, -0.2) is 8.42 Å². The number of sulfonamides is 1. The normalized spacial score (nSPS) is 15.7. The highest BCUT2D eigenvalue weighted by Crippen LogP contribution is 2.33. The van der Waals surface area contributed by atoms with Gasteiger partial charge in [-0.3, -0.25) is 0 Å². The Hall–Kier alpha value is -0.980. The van der Waals surface area contributed by atoms with Crippen LogP contribution in [0.3, 0.4) is 0 Å². The van der Waals surface area contributed by atoms with Crippen LogP contribution in [0.5, 0.6) is 0 Å². The fraction of sp³-hybridized carbons (Fsp3) is 0.533. The van der Waals surface area contributed by atoms with Crippen molar-refractivity contribution in [3.63, 3.8) is 0 Å². The number of aryl methyl sites for hydroxylation is 1. The fourth-order valence-electron chi connectivity index (χ4n) is 2.37. The molecule has 2 N–H and O–H groups in total. The molecule has 21 heavy (non-hydrogen) atoms. The lowest BCUT2D eigenvalue weighted by Crippen LogP contribution is -2.36. The summed E-state index contributed by atoms with van der Waals surface area (Å²) >= 11 is 4.96. The molecule has 0 unspecified atom stereocenters. The smallest absolute Gasteiger partial charge is 0.243 e.